The molecule has 3 N–H and O–H groups in total. The van der Waals surface area contributed by atoms with Gasteiger partial charge in [-0.05, 0) is 31.9 Å². The van der Waals surface area contributed by atoms with Gasteiger partial charge in [0, 0.05) is 12.6 Å². The van der Waals surface area contributed by atoms with E-state index in [1.807, 2.05) is 6.92 Å². The Morgan fingerprint density at radius 2 is 2.05 bits per heavy atom. The van der Waals surface area contributed by atoms with Gasteiger partial charge in [-0.2, -0.15) is 0 Å². The molecule has 1 aromatic carbocycles. The second kappa shape index (κ2) is 8.27. The molecule has 1 rings (SSSR count). The molecule has 0 aliphatic carbocycles. The van der Waals surface area contributed by atoms with Crippen LogP contribution in [-0.2, 0) is 4.79 Å². The Morgan fingerprint density at radius 1 is 1.35 bits per heavy atom. The van der Waals surface area contributed by atoms with E-state index in [0.29, 0.717) is 12.8 Å². The molecule has 0 aliphatic heterocycles. The van der Waals surface area contributed by atoms with Gasteiger partial charge in [-0.25, -0.2) is 4.39 Å². The monoisotopic (exact) mass is 282 g/mol. The van der Waals surface area contributed by atoms with Crippen molar-refractivity contribution in [2.24, 2.45) is 0 Å². The van der Waals surface area contributed by atoms with Crippen molar-refractivity contribution >= 4 is 11.8 Å². The standard InChI is InChI=1S/C14H19FN2O3/c1-10(5-4-8-18)17-13(19)9-16-14(20)11-6-2-3-7-12(11)15/h2-3,6-7,10,18H,4-5,8-9H2,1H3,(H,16,20)(H,17,19). The van der Waals surface area contributed by atoms with Crippen molar-refractivity contribution in [2.45, 2.75) is 25.8 Å². The van der Waals surface area contributed by atoms with Crippen LogP contribution in [0.1, 0.15) is 30.1 Å². The summed E-state index contributed by atoms with van der Waals surface area (Å²) in [5.74, 6) is -1.59. The summed E-state index contributed by atoms with van der Waals surface area (Å²) in [5, 5.41) is 13.7. The van der Waals surface area contributed by atoms with Crippen LogP contribution in [0.2, 0.25) is 0 Å². The summed E-state index contributed by atoms with van der Waals surface area (Å²) < 4.78 is 13.3. The fraction of sp³-hybridized carbons (Fsp3) is 0.429. The molecule has 1 unspecified atom stereocenters. The van der Waals surface area contributed by atoms with E-state index in [0.717, 1.165) is 0 Å². The van der Waals surface area contributed by atoms with Gasteiger partial charge >= 0.3 is 0 Å². The van der Waals surface area contributed by atoms with Gasteiger partial charge in [0.25, 0.3) is 5.91 Å². The van der Waals surface area contributed by atoms with Gasteiger partial charge in [-0.3, -0.25) is 9.59 Å². The first-order valence-electron chi connectivity index (χ1n) is 6.47. The molecule has 0 heterocycles. The largest absolute Gasteiger partial charge is 0.396 e. The summed E-state index contributed by atoms with van der Waals surface area (Å²) in [7, 11) is 0. The predicted octanol–water partition coefficient (Wildman–Crippen LogP) is 0.833. The molecule has 0 spiro atoms. The summed E-state index contributed by atoms with van der Waals surface area (Å²) in [6.07, 6.45) is 1.26. The van der Waals surface area contributed by atoms with Crippen LogP contribution >= 0.6 is 0 Å². The highest BCUT2D eigenvalue weighted by molar-refractivity contribution is 5.96. The van der Waals surface area contributed by atoms with E-state index >= 15 is 0 Å². The highest BCUT2D eigenvalue weighted by atomic mass is 19.1. The minimum absolute atomic E-state index is 0.0736. The van der Waals surface area contributed by atoms with Crippen LogP contribution in [-0.4, -0.2) is 36.1 Å². The van der Waals surface area contributed by atoms with Crippen LogP contribution in [0.5, 0.6) is 0 Å². The molecular formula is C14H19FN2O3. The Bertz CT molecular complexity index is 465. The zero-order chi connectivity index (χ0) is 15.0. The summed E-state index contributed by atoms with van der Waals surface area (Å²) >= 11 is 0. The molecule has 1 aromatic rings. The van der Waals surface area contributed by atoms with Crippen LogP contribution in [0.3, 0.4) is 0 Å². The van der Waals surface area contributed by atoms with Crippen molar-refractivity contribution in [3.8, 4) is 0 Å². The molecule has 0 aromatic heterocycles. The fourth-order valence-corrected chi connectivity index (χ4v) is 1.70. The number of hydrogen-bond acceptors (Lipinski definition) is 3. The Kier molecular flexibility index (Phi) is 6.66. The summed E-state index contributed by atoms with van der Waals surface area (Å²) in [5.41, 5.74) is -0.0892. The maximum absolute atomic E-state index is 13.3. The lowest BCUT2D eigenvalue weighted by Crippen LogP contribution is -2.41. The smallest absolute Gasteiger partial charge is 0.254 e. The molecule has 110 valence electrons. The Balaban J connectivity index is 2.38. The minimum atomic E-state index is -0.624. The highest BCUT2D eigenvalue weighted by Gasteiger charge is 2.12. The molecule has 0 saturated carbocycles. The van der Waals surface area contributed by atoms with Crippen LogP contribution in [0.25, 0.3) is 0 Å². The zero-order valence-corrected chi connectivity index (χ0v) is 11.4. The lowest BCUT2D eigenvalue weighted by Gasteiger charge is -2.13. The number of amides is 2. The van der Waals surface area contributed by atoms with Gasteiger partial charge in [0.1, 0.15) is 5.82 Å². The predicted molar refractivity (Wildman–Crippen MR) is 72.7 cm³/mol. The van der Waals surface area contributed by atoms with E-state index in [1.54, 1.807) is 6.07 Å². The molecule has 5 nitrogen and oxygen atoms in total. The minimum Gasteiger partial charge on any atom is -0.396 e. The third-order valence-electron chi connectivity index (χ3n) is 2.73. The normalized spacial score (nSPS) is 11.8. The van der Waals surface area contributed by atoms with Crippen LogP contribution < -0.4 is 10.6 Å². The Hall–Kier alpha value is -1.95. The van der Waals surface area contributed by atoms with E-state index in [-0.39, 0.29) is 30.7 Å². The number of aliphatic hydroxyl groups excluding tert-OH is 1. The lowest BCUT2D eigenvalue weighted by atomic mass is 10.2. The van der Waals surface area contributed by atoms with Gasteiger partial charge in [-0.1, -0.05) is 12.1 Å². The third-order valence-corrected chi connectivity index (χ3v) is 2.73. The van der Waals surface area contributed by atoms with Gasteiger partial charge in [0.15, 0.2) is 0 Å². The van der Waals surface area contributed by atoms with Crippen molar-refractivity contribution in [3.63, 3.8) is 0 Å². The SMILES string of the molecule is CC(CCCO)NC(=O)CNC(=O)c1ccccc1F. The van der Waals surface area contributed by atoms with Gasteiger partial charge < -0.3 is 15.7 Å². The maximum Gasteiger partial charge on any atom is 0.254 e. The molecule has 6 heteroatoms. The summed E-state index contributed by atoms with van der Waals surface area (Å²) in [6.45, 7) is 1.67. The number of hydrogen-bond donors (Lipinski definition) is 3. The topological polar surface area (TPSA) is 78.4 Å². The van der Waals surface area contributed by atoms with E-state index < -0.39 is 11.7 Å². The van der Waals surface area contributed by atoms with E-state index in [9.17, 15) is 14.0 Å². The molecular weight excluding hydrogens is 263 g/mol. The molecule has 0 bridgehead atoms. The average molecular weight is 282 g/mol. The highest BCUT2D eigenvalue weighted by Crippen LogP contribution is 2.05. The average Bonchev–Trinajstić information content (AvgIpc) is 2.43. The number of carbonyl (C=O) groups is 2. The molecule has 1 atom stereocenters. The van der Waals surface area contributed by atoms with Crippen molar-refractivity contribution in [1.82, 2.24) is 10.6 Å². The van der Waals surface area contributed by atoms with Crippen LogP contribution in [0.4, 0.5) is 4.39 Å². The van der Waals surface area contributed by atoms with Crippen molar-refractivity contribution in [1.29, 1.82) is 0 Å². The van der Waals surface area contributed by atoms with Crippen molar-refractivity contribution in [3.05, 3.63) is 35.6 Å². The molecule has 0 aliphatic rings. The van der Waals surface area contributed by atoms with E-state index in [1.165, 1.54) is 18.2 Å². The van der Waals surface area contributed by atoms with Crippen LogP contribution in [0.15, 0.2) is 24.3 Å². The van der Waals surface area contributed by atoms with Gasteiger partial charge in [-0.15, -0.1) is 0 Å². The zero-order valence-electron chi connectivity index (χ0n) is 11.4. The maximum atomic E-state index is 13.3. The summed E-state index contributed by atoms with van der Waals surface area (Å²) in [6, 6.07) is 5.50. The Morgan fingerprint density at radius 3 is 2.70 bits per heavy atom. The van der Waals surface area contributed by atoms with Gasteiger partial charge in [0.05, 0.1) is 12.1 Å². The second-order valence-electron chi connectivity index (χ2n) is 4.50. The summed E-state index contributed by atoms with van der Waals surface area (Å²) in [4.78, 5) is 23.2. The van der Waals surface area contributed by atoms with Crippen molar-refractivity contribution < 1.29 is 19.1 Å². The number of benzene rings is 1. The molecule has 2 amide bonds. The first kappa shape index (κ1) is 16.1. The fourth-order valence-electron chi connectivity index (χ4n) is 1.70. The quantitative estimate of drug-likeness (QED) is 0.693. The molecule has 0 radical (unpaired) electrons. The lowest BCUT2D eigenvalue weighted by molar-refractivity contribution is -0.120. The number of aliphatic hydroxyl groups is 1. The number of halogens is 1. The van der Waals surface area contributed by atoms with Crippen LogP contribution in [0, 0.1) is 5.82 Å². The third kappa shape index (κ3) is 5.36. The molecule has 0 fully saturated rings. The molecule has 20 heavy (non-hydrogen) atoms. The first-order valence-corrected chi connectivity index (χ1v) is 6.47. The molecule has 0 saturated heterocycles. The van der Waals surface area contributed by atoms with E-state index in [4.69, 9.17) is 5.11 Å². The van der Waals surface area contributed by atoms with E-state index in [2.05, 4.69) is 10.6 Å². The van der Waals surface area contributed by atoms with Gasteiger partial charge in [0.2, 0.25) is 5.91 Å². The number of carbonyl (C=O) groups excluding carboxylic acids is 2. The number of rotatable bonds is 7. The van der Waals surface area contributed by atoms with Crippen molar-refractivity contribution in [2.75, 3.05) is 13.2 Å². The second-order valence-corrected chi connectivity index (χ2v) is 4.50. The number of nitrogens with one attached hydrogen (secondary N) is 2. The first-order chi connectivity index (χ1) is 9.54. The Labute approximate surface area is 117 Å².